The highest BCUT2D eigenvalue weighted by Crippen LogP contribution is 2.31. The van der Waals surface area contributed by atoms with Crippen molar-refractivity contribution < 1.29 is 4.74 Å². The van der Waals surface area contributed by atoms with Gasteiger partial charge in [0.05, 0.1) is 6.61 Å². The molecule has 6 heteroatoms. The number of hydrogen-bond acceptors (Lipinski definition) is 4. The molecule has 0 amide bonds. The Hall–Kier alpha value is -0.850. The van der Waals surface area contributed by atoms with Crippen LogP contribution in [0.25, 0.3) is 0 Å². The van der Waals surface area contributed by atoms with Gasteiger partial charge in [0.1, 0.15) is 0 Å². The minimum absolute atomic E-state index is 0.292. The number of aliphatic imine (C=N–C) groups is 1. The molecule has 0 radical (unpaired) electrons. The Labute approximate surface area is 159 Å². The van der Waals surface area contributed by atoms with Crippen LogP contribution in [0, 0.1) is 5.92 Å². The van der Waals surface area contributed by atoms with Gasteiger partial charge in [-0.3, -0.25) is 9.89 Å². The van der Waals surface area contributed by atoms with E-state index < -0.39 is 0 Å². The number of piperidine rings is 2. The molecule has 26 heavy (non-hydrogen) atoms. The molecule has 1 N–H and O–H groups in total. The Balaban J connectivity index is 1.60. The van der Waals surface area contributed by atoms with Crippen molar-refractivity contribution in [2.75, 3.05) is 73.6 Å². The van der Waals surface area contributed by atoms with Crippen LogP contribution in [0.4, 0.5) is 0 Å². The second-order valence-corrected chi connectivity index (χ2v) is 8.59. The molecule has 0 bridgehead atoms. The lowest BCUT2D eigenvalue weighted by molar-refractivity contribution is 0.0169. The summed E-state index contributed by atoms with van der Waals surface area (Å²) in [7, 11) is 6.33. The van der Waals surface area contributed by atoms with E-state index in [1.165, 1.54) is 64.7 Å². The quantitative estimate of drug-likeness (QED) is 0.591. The van der Waals surface area contributed by atoms with Gasteiger partial charge >= 0.3 is 0 Å². The first-order chi connectivity index (χ1) is 12.6. The van der Waals surface area contributed by atoms with E-state index in [2.05, 4.69) is 39.1 Å². The monoisotopic (exact) mass is 365 g/mol. The smallest absolute Gasteiger partial charge is 0.193 e. The average molecular weight is 366 g/mol. The molecule has 3 aliphatic rings. The molecule has 0 spiro atoms. The molecule has 0 aromatic heterocycles. The molecule has 1 atom stereocenters. The number of nitrogens with zero attached hydrogens (tertiary/aromatic N) is 4. The van der Waals surface area contributed by atoms with Crippen LogP contribution < -0.4 is 5.32 Å². The van der Waals surface area contributed by atoms with Crippen molar-refractivity contribution in [1.82, 2.24) is 20.0 Å². The predicted molar refractivity (Wildman–Crippen MR) is 108 cm³/mol. The summed E-state index contributed by atoms with van der Waals surface area (Å²) < 4.78 is 5.53. The topological polar surface area (TPSA) is 43.3 Å². The van der Waals surface area contributed by atoms with Gasteiger partial charge in [-0.1, -0.05) is 6.42 Å². The Morgan fingerprint density at radius 1 is 1.19 bits per heavy atom. The normalized spacial score (nSPS) is 28.3. The molecular formula is C20H39N5O. The number of guanidine groups is 1. The lowest BCUT2D eigenvalue weighted by atomic mass is 9.84. The highest BCUT2D eigenvalue weighted by atomic mass is 16.5. The third-order valence-corrected chi connectivity index (χ3v) is 6.65. The Kier molecular flexibility index (Phi) is 7.18. The van der Waals surface area contributed by atoms with Crippen LogP contribution in [0.15, 0.2) is 4.99 Å². The lowest BCUT2D eigenvalue weighted by Gasteiger charge is -2.50. The first-order valence-corrected chi connectivity index (χ1v) is 10.6. The van der Waals surface area contributed by atoms with Crippen molar-refractivity contribution >= 4 is 5.96 Å². The molecule has 150 valence electrons. The first-order valence-electron chi connectivity index (χ1n) is 10.6. The SMILES string of the molecule is CN=C(NCC1(N2CCCCC2)CCN(C)CC1)N(C)CC1CCOC1. The third kappa shape index (κ3) is 4.90. The maximum atomic E-state index is 5.53. The average Bonchev–Trinajstić information content (AvgIpc) is 3.18. The summed E-state index contributed by atoms with van der Waals surface area (Å²) in [6.45, 7) is 8.77. The van der Waals surface area contributed by atoms with Gasteiger partial charge in [-0.15, -0.1) is 0 Å². The maximum absolute atomic E-state index is 5.53. The lowest BCUT2D eigenvalue weighted by Crippen LogP contribution is -2.62. The Morgan fingerprint density at radius 3 is 2.54 bits per heavy atom. The fraction of sp³-hybridized carbons (Fsp3) is 0.950. The molecule has 3 fully saturated rings. The second-order valence-electron chi connectivity index (χ2n) is 8.59. The zero-order valence-electron chi connectivity index (χ0n) is 17.2. The fourth-order valence-corrected chi connectivity index (χ4v) is 4.84. The van der Waals surface area contributed by atoms with Crippen molar-refractivity contribution in [3.05, 3.63) is 0 Å². The van der Waals surface area contributed by atoms with Crippen LogP contribution in [-0.4, -0.2) is 99.8 Å². The summed E-state index contributed by atoms with van der Waals surface area (Å²) >= 11 is 0. The summed E-state index contributed by atoms with van der Waals surface area (Å²) in [6.07, 6.45) is 7.79. The van der Waals surface area contributed by atoms with Crippen molar-refractivity contribution in [2.24, 2.45) is 10.9 Å². The zero-order valence-corrected chi connectivity index (χ0v) is 17.2. The van der Waals surface area contributed by atoms with E-state index in [4.69, 9.17) is 4.74 Å². The largest absolute Gasteiger partial charge is 0.381 e. The van der Waals surface area contributed by atoms with Crippen molar-refractivity contribution in [2.45, 2.75) is 44.1 Å². The molecule has 3 saturated heterocycles. The van der Waals surface area contributed by atoms with Gasteiger partial charge in [0.15, 0.2) is 5.96 Å². The van der Waals surface area contributed by atoms with E-state index in [9.17, 15) is 0 Å². The Morgan fingerprint density at radius 2 is 1.92 bits per heavy atom. The van der Waals surface area contributed by atoms with Crippen LogP contribution in [0.5, 0.6) is 0 Å². The van der Waals surface area contributed by atoms with Crippen LogP contribution >= 0.6 is 0 Å². The van der Waals surface area contributed by atoms with E-state index in [0.717, 1.165) is 32.3 Å². The number of ether oxygens (including phenoxy) is 1. The minimum atomic E-state index is 0.292. The van der Waals surface area contributed by atoms with Crippen LogP contribution in [0.1, 0.15) is 38.5 Å². The zero-order chi connectivity index (χ0) is 18.4. The van der Waals surface area contributed by atoms with Gasteiger partial charge in [0.2, 0.25) is 0 Å². The number of likely N-dealkylation sites (tertiary alicyclic amines) is 2. The van der Waals surface area contributed by atoms with Crippen LogP contribution in [-0.2, 0) is 4.74 Å². The second kappa shape index (κ2) is 9.38. The molecular weight excluding hydrogens is 326 g/mol. The molecule has 0 aromatic rings. The van der Waals surface area contributed by atoms with E-state index >= 15 is 0 Å². The van der Waals surface area contributed by atoms with Gasteiger partial charge in [0, 0.05) is 45.2 Å². The number of nitrogens with one attached hydrogen (secondary N) is 1. The Bertz CT molecular complexity index is 449. The molecule has 6 nitrogen and oxygen atoms in total. The van der Waals surface area contributed by atoms with Gasteiger partial charge in [0.25, 0.3) is 0 Å². The third-order valence-electron chi connectivity index (χ3n) is 6.65. The van der Waals surface area contributed by atoms with E-state index in [1.807, 2.05) is 7.05 Å². The molecule has 0 aliphatic carbocycles. The van der Waals surface area contributed by atoms with E-state index in [-0.39, 0.29) is 0 Å². The summed E-state index contributed by atoms with van der Waals surface area (Å²) in [5.41, 5.74) is 0.292. The molecule has 3 heterocycles. The van der Waals surface area contributed by atoms with Gasteiger partial charge in [-0.05, 0) is 65.3 Å². The fourth-order valence-electron chi connectivity index (χ4n) is 4.84. The van der Waals surface area contributed by atoms with Crippen molar-refractivity contribution in [3.63, 3.8) is 0 Å². The number of hydrogen-bond donors (Lipinski definition) is 1. The predicted octanol–water partition coefficient (Wildman–Crippen LogP) is 1.48. The summed E-state index contributed by atoms with van der Waals surface area (Å²) in [5.74, 6) is 1.67. The summed E-state index contributed by atoms with van der Waals surface area (Å²) in [5, 5.41) is 3.74. The van der Waals surface area contributed by atoms with Gasteiger partial charge in [-0.2, -0.15) is 0 Å². The number of rotatable bonds is 5. The first kappa shape index (κ1) is 19.9. The molecule has 0 aromatic carbocycles. The molecule has 3 aliphatic heterocycles. The highest BCUT2D eigenvalue weighted by molar-refractivity contribution is 5.79. The van der Waals surface area contributed by atoms with Crippen molar-refractivity contribution in [1.29, 1.82) is 0 Å². The van der Waals surface area contributed by atoms with E-state index in [0.29, 0.717) is 11.5 Å². The highest BCUT2D eigenvalue weighted by Gasteiger charge is 2.39. The van der Waals surface area contributed by atoms with Gasteiger partial charge < -0.3 is 19.9 Å². The summed E-state index contributed by atoms with van der Waals surface area (Å²) in [4.78, 5) is 12.1. The van der Waals surface area contributed by atoms with E-state index in [1.54, 1.807) is 0 Å². The van der Waals surface area contributed by atoms with Crippen LogP contribution in [0.3, 0.4) is 0 Å². The molecule has 3 rings (SSSR count). The minimum Gasteiger partial charge on any atom is -0.381 e. The molecule has 0 saturated carbocycles. The van der Waals surface area contributed by atoms with Crippen LogP contribution in [0.2, 0.25) is 0 Å². The van der Waals surface area contributed by atoms with Crippen molar-refractivity contribution in [3.8, 4) is 0 Å². The van der Waals surface area contributed by atoms with Gasteiger partial charge in [-0.25, -0.2) is 0 Å². The molecule has 1 unspecified atom stereocenters. The summed E-state index contributed by atoms with van der Waals surface area (Å²) in [6, 6.07) is 0. The standard InChI is InChI=1S/C20H39N5O/c1-21-19(24(3)15-18-7-14-26-16-18)22-17-20(8-12-23(2)13-9-20)25-10-5-4-6-11-25/h18H,4-17H2,1-3H3,(H,21,22). The maximum Gasteiger partial charge on any atom is 0.193 e.